The predicted molar refractivity (Wildman–Crippen MR) is 84.0 cm³/mol. The Morgan fingerprint density at radius 3 is 2.40 bits per heavy atom. The molecule has 0 atom stereocenters. The molecule has 0 unspecified atom stereocenters. The van der Waals surface area contributed by atoms with Crippen LogP contribution in [0.25, 0.3) is 0 Å². The molecule has 0 radical (unpaired) electrons. The quantitative estimate of drug-likeness (QED) is 0.446. The molecule has 7 heteroatoms. The highest BCUT2D eigenvalue weighted by atomic mass is 35.5. The van der Waals surface area contributed by atoms with E-state index in [2.05, 4.69) is 24.1 Å². The van der Waals surface area contributed by atoms with Gasteiger partial charge in [0.2, 0.25) is 0 Å². The lowest BCUT2D eigenvalue weighted by atomic mass is 10.2. The topological polar surface area (TPSA) is 58.4 Å². The minimum Gasteiger partial charge on any atom is -0.379 e. The molecule has 112 valence electrons. The van der Waals surface area contributed by atoms with Crippen molar-refractivity contribution in [3.05, 3.63) is 32.3 Å². The van der Waals surface area contributed by atoms with Crippen molar-refractivity contribution in [2.24, 2.45) is 0 Å². The first-order valence-electron chi connectivity index (χ1n) is 6.59. The zero-order valence-corrected chi connectivity index (χ0v) is 13.2. The van der Waals surface area contributed by atoms with E-state index < -0.39 is 4.92 Å². The normalized spacial score (nSPS) is 10.8. The van der Waals surface area contributed by atoms with E-state index in [1.165, 1.54) is 12.1 Å². The van der Waals surface area contributed by atoms with Gasteiger partial charge < -0.3 is 10.2 Å². The maximum absolute atomic E-state index is 11.0. The fraction of sp³-hybridized carbons (Fsp3) is 0.538. The van der Waals surface area contributed by atoms with Crippen LogP contribution >= 0.6 is 23.2 Å². The Bertz CT molecular complexity index is 465. The highest BCUT2D eigenvalue weighted by molar-refractivity contribution is 6.42. The van der Waals surface area contributed by atoms with Gasteiger partial charge in [-0.15, -0.1) is 0 Å². The molecule has 1 N–H and O–H groups in total. The van der Waals surface area contributed by atoms with Gasteiger partial charge in [0.05, 0.1) is 15.0 Å². The minimum absolute atomic E-state index is 0.0535. The number of halogens is 2. The van der Waals surface area contributed by atoms with Crippen LogP contribution in [0.15, 0.2) is 12.1 Å². The molecule has 0 saturated heterocycles. The summed E-state index contributed by atoms with van der Waals surface area (Å²) >= 11 is 11.7. The Morgan fingerprint density at radius 1 is 1.25 bits per heavy atom. The maximum Gasteiger partial charge on any atom is 0.293 e. The van der Waals surface area contributed by atoms with Gasteiger partial charge in [-0.1, -0.05) is 37.0 Å². The number of rotatable bonds is 8. The summed E-state index contributed by atoms with van der Waals surface area (Å²) in [6.07, 6.45) is 0.902. The van der Waals surface area contributed by atoms with Crippen LogP contribution in [0.1, 0.15) is 20.3 Å². The van der Waals surface area contributed by atoms with E-state index in [9.17, 15) is 10.1 Å². The lowest BCUT2D eigenvalue weighted by Gasteiger charge is -2.18. The minimum atomic E-state index is -0.463. The second-order valence-corrected chi connectivity index (χ2v) is 5.16. The van der Waals surface area contributed by atoms with Crippen LogP contribution in [0, 0.1) is 10.1 Å². The number of nitro groups is 1. The van der Waals surface area contributed by atoms with E-state index in [-0.39, 0.29) is 10.7 Å². The van der Waals surface area contributed by atoms with Crippen LogP contribution in [-0.2, 0) is 0 Å². The van der Waals surface area contributed by atoms with E-state index in [0.29, 0.717) is 17.3 Å². The molecule has 0 aliphatic carbocycles. The standard InChI is InChI=1S/C13H19Cl2N3O2/c1-3-17(4-2)7-5-6-16-12-8-10(14)11(15)9-13(12)18(19)20/h8-9,16H,3-7H2,1-2H3. The second kappa shape index (κ2) is 8.29. The molecule has 0 heterocycles. The van der Waals surface area contributed by atoms with Crippen molar-refractivity contribution >= 4 is 34.6 Å². The van der Waals surface area contributed by atoms with Gasteiger partial charge >= 0.3 is 0 Å². The average molecular weight is 320 g/mol. The van der Waals surface area contributed by atoms with Crippen LogP contribution in [0.2, 0.25) is 10.0 Å². The van der Waals surface area contributed by atoms with Crippen LogP contribution in [0.3, 0.4) is 0 Å². The summed E-state index contributed by atoms with van der Waals surface area (Å²) in [5.41, 5.74) is 0.353. The Kier molecular flexibility index (Phi) is 7.05. The smallest absolute Gasteiger partial charge is 0.293 e. The van der Waals surface area contributed by atoms with Crippen molar-refractivity contribution in [3.63, 3.8) is 0 Å². The summed E-state index contributed by atoms with van der Waals surface area (Å²) < 4.78 is 0. The third kappa shape index (κ3) is 4.81. The van der Waals surface area contributed by atoms with Crippen LogP contribution in [0.5, 0.6) is 0 Å². The van der Waals surface area contributed by atoms with Crippen molar-refractivity contribution in [2.75, 3.05) is 31.5 Å². The lowest BCUT2D eigenvalue weighted by molar-refractivity contribution is -0.383. The SMILES string of the molecule is CCN(CC)CCCNc1cc(Cl)c(Cl)cc1[N+](=O)[O-]. The second-order valence-electron chi connectivity index (χ2n) is 4.35. The highest BCUT2D eigenvalue weighted by Crippen LogP contribution is 2.33. The molecule has 0 aliphatic rings. The van der Waals surface area contributed by atoms with Gasteiger partial charge in [-0.05, 0) is 32.1 Å². The van der Waals surface area contributed by atoms with E-state index in [1.807, 2.05) is 0 Å². The van der Waals surface area contributed by atoms with Gasteiger partial charge in [-0.3, -0.25) is 10.1 Å². The summed E-state index contributed by atoms with van der Waals surface area (Å²) in [6, 6.07) is 2.77. The fourth-order valence-electron chi connectivity index (χ4n) is 1.89. The average Bonchev–Trinajstić information content (AvgIpc) is 2.42. The zero-order valence-electron chi connectivity index (χ0n) is 11.7. The molecule has 1 aromatic carbocycles. The Labute approximate surface area is 129 Å². The summed E-state index contributed by atoms with van der Waals surface area (Å²) in [4.78, 5) is 12.8. The number of nitrogens with one attached hydrogen (secondary N) is 1. The molecule has 5 nitrogen and oxygen atoms in total. The van der Waals surface area contributed by atoms with Gasteiger partial charge in [0, 0.05) is 12.6 Å². The van der Waals surface area contributed by atoms with Crippen molar-refractivity contribution in [3.8, 4) is 0 Å². The molecule has 0 amide bonds. The maximum atomic E-state index is 11.0. The number of benzene rings is 1. The molecule has 0 bridgehead atoms. The van der Waals surface area contributed by atoms with Gasteiger partial charge in [0.25, 0.3) is 5.69 Å². The fourth-order valence-corrected chi connectivity index (χ4v) is 2.22. The summed E-state index contributed by atoms with van der Waals surface area (Å²) in [7, 11) is 0. The van der Waals surface area contributed by atoms with E-state index in [0.717, 1.165) is 26.1 Å². The van der Waals surface area contributed by atoms with E-state index in [4.69, 9.17) is 23.2 Å². The molecular weight excluding hydrogens is 301 g/mol. The Balaban J connectivity index is 2.63. The molecule has 0 fully saturated rings. The summed E-state index contributed by atoms with van der Waals surface area (Å²) in [6.45, 7) is 7.83. The van der Waals surface area contributed by atoms with Crippen molar-refractivity contribution < 1.29 is 4.92 Å². The van der Waals surface area contributed by atoms with Crippen molar-refractivity contribution in [1.82, 2.24) is 4.90 Å². The van der Waals surface area contributed by atoms with Gasteiger partial charge in [-0.2, -0.15) is 0 Å². The van der Waals surface area contributed by atoms with Crippen LogP contribution < -0.4 is 5.32 Å². The van der Waals surface area contributed by atoms with Crippen LogP contribution in [-0.4, -0.2) is 36.0 Å². The number of hydrogen-bond acceptors (Lipinski definition) is 4. The van der Waals surface area contributed by atoms with E-state index >= 15 is 0 Å². The monoisotopic (exact) mass is 319 g/mol. The lowest BCUT2D eigenvalue weighted by Crippen LogP contribution is -2.25. The number of nitro benzene ring substituents is 1. The molecule has 1 aromatic rings. The first-order chi connectivity index (χ1) is 9.49. The van der Waals surface area contributed by atoms with Gasteiger partial charge in [0.15, 0.2) is 0 Å². The summed E-state index contributed by atoms with van der Waals surface area (Å²) in [5, 5.41) is 14.5. The van der Waals surface area contributed by atoms with Crippen LogP contribution in [0.4, 0.5) is 11.4 Å². The molecule has 0 aromatic heterocycles. The predicted octanol–water partition coefficient (Wildman–Crippen LogP) is 4.05. The number of hydrogen-bond donors (Lipinski definition) is 1. The molecule has 0 saturated carbocycles. The van der Waals surface area contributed by atoms with Gasteiger partial charge in [0.1, 0.15) is 5.69 Å². The molecule has 0 aliphatic heterocycles. The Morgan fingerprint density at radius 2 is 1.85 bits per heavy atom. The molecule has 1 rings (SSSR count). The number of nitrogens with zero attached hydrogens (tertiary/aromatic N) is 2. The first kappa shape index (κ1) is 17.0. The van der Waals surface area contributed by atoms with Crippen molar-refractivity contribution in [1.29, 1.82) is 0 Å². The van der Waals surface area contributed by atoms with E-state index in [1.54, 1.807) is 0 Å². The summed E-state index contributed by atoms with van der Waals surface area (Å²) in [5.74, 6) is 0. The number of anilines is 1. The third-order valence-corrected chi connectivity index (χ3v) is 3.82. The van der Waals surface area contributed by atoms with Gasteiger partial charge in [-0.25, -0.2) is 0 Å². The molecular formula is C13H19Cl2N3O2. The molecule has 20 heavy (non-hydrogen) atoms. The first-order valence-corrected chi connectivity index (χ1v) is 7.34. The largest absolute Gasteiger partial charge is 0.379 e. The zero-order chi connectivity index (χ0) is 15.1. The third-order valence-electron chi connectivity index (χ3n) is 3.10. The van der Waals surface area contributed by atoms with Crippen molar-refractivity contribution in [2.45, 2.75) is 20.3 Å². The highest BCUT2D eigenvalue weighted by Gasteiger charge is 2.16. The molecule has 0 spiro atoms. The Hall–Kier alpha value is -1.04.